The maximum atomic E-state index is 10.6. The Hall–Kier alpha value is -2.12. The van der Waals surface area contributed by atoms with E-state index < -0.39 is 12.0 Å². The zero-order chi connectivity index (χ0) is 15.4. The van der Waals surface area contributed by atoms with Crippen molar-refractivity contribution in [2.24, 2.45) is 5.92 Å². The van der Waals surface area contributed by atoms with Crippen molar-refractivity contribution in [2.45, 2.75) is 6.10 Å². The van der Waals surface area contributed by atoms with Crippen LogP contribution in [0.25, 0.3) is 10.1 Å². The molecule has 22 heavy (non-hydrogen) atoms. The average molecular weight is 308 g/mol. The van der Waals surface area contributed by atoms with Crippen LogP contribution in [0.2, 0.25) is 0 Å². The number of hydrogen-bond donors (Lipinski definition) is 2. The van der Waals surface area contributed by atoms with Gasteiger partial charge >= 0.3 is 0 Å². The monoisotopic (exact) mass is 308 g/mol. The number of aliphatic hydroxyl groups is 2. The minimum Gasteiger partial charge on any atom is -0.395 e. The van der Waals surface area contributed by atoms with E-state index in [1.54, 1.807) is 11.3 Å². The zero-order valence-electron chi connectivity index (χ0n) is 11.9. The molecule has 0 saturated heterocycles. The highest BCUT2D eigenvalue weighted by Gasteiger charge is 2.21. The van der Waals surface area contributed by atoms with Crippen molar-refractivity contribution in [1.82, 2.24) is 0 Å². The zero-order valence-corrected chi connectivity index (χ0v) is 12.8. The van der Waals surface area contributed by atoms with E-state index in [4.69, 9.17) is 0 Å². The normalized spacial score (nSPS) is 13.4. The van der Waals surface area contributed by atoms with E-state index in [9.17, 15) is 10.2 Å². The molecule has 2 atom stereocenters. The molecule has 3 heteroatoms. The highest BCUT2D eigenvalue weighted by atomic mass is 32.1. The number of thiophene rings is 1. The van der Waals surface area contributed by atoms with Gasteiger partial charge in [-0.25, -0.2) is 0 Å². The molecule has 2 nitrogen and oxygen atoms in total. The van der Waals surface area contributed by atoms with E-state index in [1.165, 1.54) is 0 Å². The van der Waals surface area contributed by atoms with Crippen molar-refractivity contribution < 1.29 is 10.2 Å². The van der Waals surface area contributed by atoms with Gasteiger partial charge in [0, 0.05) is 15.8 Å². The lowest BCUT2D eigenvalue weighted by Crippen LogP contribution is -2.14. The first-order valence-corrected chi connectivity index (χ1v) is 7.99. The fraction of sp³-hybridized carbons (Fsp3) is 0.158. The smallest absolute Gasteiger partial charge is 0.0963 e. The maximum absolute atomic E-state index is 10.6. The molecule has 0 saturated carbocycles. The molecule has 3 rings (SSSR count). The first-order valence-electron chi connectivity index (χ1n) is 7.11. The Morgan fingerprint density at radius 2 is 1.73 bits per heavy atom. The number of aliphatic hydroxyl groups excluding tert-OH is 2. The van der Waals surface area contributed by atoms with Gasteiger partial charge in [-0.15, -0.1) is 11.3 Å². The summed E-state index contributed by atoms with van der Waals surface area (Å²) in [5.74, 6) is 5.51. The van der Waals surface area contributed by atoms with Gasteiger partial charge in [0.1, 0.15) is 0 Å². The van der Waals surface area contributed by atoms with Crippen LogP contribution in [0.15, 0.2) is 60.0 Å². The van der Waals surface area contributed by atoms with Crippen molar-refractivity contribution >= 4 is 21.4 Å². The van der Waals surface area contributed by atoms with E-state index in [0.29, 0.717) is 0 Å². The second-order valence-corrected chi connectivity index (χ2v) is 5.97. The lowest BCUT2D eigenvalue weighted by atomic mass is 9.96. The van der Waals surface area contributed by atoms with E-state index in [0.717, 1.165) is 21.2 Å². The van der Waals surface area contributed by atoms with Crippen LogP contribution in [-0.2, 0) is 0 Å². The van der Waals surface area contributed by atoms with Crippen LogP contribution in [-0.4, -0.2) is 16.8 Å². The number of hydrogen-bond acceptors (Lipinski definition) is 3. The molecule has 2 aromatic carbocycles. The van der Waals surface area contributed by atoms with Crippen LogP contribution < -0.4 is 0 Å². The van der Waals surface area contributed by atoms with Gasteiger partial charge in [0.15, 0.2) is 0 Å². The molecule has 0 aliphatic heterocycles. The molecule has 110 valence electrons. The van der Waals surface area contributed by atoms with Gasteiger partial charge in [-0.1, -0.05) is 48.2 Å². The maximum Gasteiger partial charge on any atom is 0.0963 e. The Kier molecular flexibility index (Phi) is 4.55. The summed E-state index contributed by atoms with van der Waals surface area (Å²) < 4.78 is 1.13. The summed E-state index contributed by atoms with van der Waals surface area (Å²) in [5, 5.41) is 23.1. The number of rotatable bonds is 3. The minimum absolute atomic E-state index is 0.175. The predicted octanol–water partition coefficient (Wildman–Crippen LogP) is 3.59. The summed E-state index contributed by atoms with van der Waals surface area (Å²) in [7, 11) is 0. The predicted molar refractivity (Wildman–Crippen MR) is 90.7 cm³/mol. The van der Waals surface area contributed by atoms with E-state index in [2.05, 4.69) is 11.8 Å². The average Bonchev–Trinajstić information content (AvgIpc) is 3.00. The van der Waals surface area contributed by atoms with Crippen molar-refractivity contribution in [3.05, 3.63) is 71.1 Å². The summed E-state index contributed by atoms with van der Waals surface area (Å²) >= 11 is 1.59. The largest absolute Gasteiger partial charge is 0.395 e. The SMILES string of the molecule is OC[C@@H](C#Cc1ccccc1)[C@H](O)c1csc2ccccc12. The first kappa shape index (κ1) is 14.8. The third-order valence-electron chi connectivity index (χ3n) is 3.58. The van der Waals surface area contributed by atoms with Crippen LogP contribution in [0.3, 0.4) is 0 Å². The summed E-state index contributed by atoms with van der Waals surface area (Å²) in [6.07, 6.45) is -0.794. The molecule has 2 N–H and O–H groups in total. The summed E-state index contributed by atoms with van der Waals surface area (Å²) in [5.41, 5.74) is 1.71. The summed E-state index contributed by atoms with van der Waals surface area (Å²) in [4.78, 5) is 0. The molecule has 3 aromatic rings. The summed E-state index contributed by atoms with van der Waals surface area (Å²) in [6, 6.07) is 17.5. The Morgan fingerprint density at radius 3 is 2.50 bits per heavy atom. The van der Waals surface area contributed by atoms with Crippen LogP contribution in [0, 0.1) is 17.8 Å². The molecular weight excluding hydrogens is 292 g/mol. The first-order chi connectivity index (χ1) is 10.8. The molecule has 0 aliphatic rings. The minimum atomic E-state index is -0.794. The van der Waals surface area contributed by atoms with E-state index in [-0.39, 0.29) is 6.61 Å². The third kappa shape index (κ3) is 3.05. The molecule has 0 bridgehead atoms. The molecule has 0 aliphatic carbocycles. The highest BCUT2D eigenvalue weighted by Crippen LogP contribution is 2.33. The molecule has 0 radical (unpaired) electrons. The quantitative estimate of drug-likeness (QED) is 0.726. The van der Waals surface area contributed by atoms with Gasteiger partial charge in [0.05, 0.1) is 18.6 Å². The van der Waals surface area contributed by atoms with Gasteiger partial charge in [-0.05, 0) is 29.0 Å². The molecule has 1 heterocycles. The Labute approximate surface area is 133 Å². The van der Waals surface area contributed by atoms with Gasteiger partial charge in [-0.2, -0.15) is 0 Å². The van der Waals surface area contributed by atoms with Crippen molar-refractivity contribution in [2.75, 3.05) is 6.61 Å². The van der Waals surface area contributed by atoms with Gasteiger partial charge in [0.25, 0.3) is 0 Å². The van der Waals surface area contributed by atoms with E-state index >= 15 is 0 Å². The van der Waals surface area contributed by atoms with Gasteiger partial charge < -0.3 is 10.2 Å². The van der Waals surface area contributed by atoms with Crippen LogP contribution in [0.1, 0.15) is 17.2 Å². The second kappa shape index (κ2) is 6.76. The fourth-order valence-corrected chi connectivity index (χ4v) is 3.36. The topological polar surface area (TPSA) is 40.5 Å². The van der Waals surface area contributed by atoms with E-state index in [1.807, 2.05) is 60.0 Å². The Morgan fingerprint density at radius 1 is 1.00 bits per heavy atom. The molecule has 0 spiro atoms. The molecule has 0 fully saturated rings. The van der Waals surface area contributed by atoms with Gasteiger partial charge in [-0.3, -0.25) is 0 Å². The number of fused-ring (bicyclic) bond motifs is 1. The van der Waals surface area contributed by atoms with Crippen molar-refractivity contribution in [3.8, 4) is 11.8 Å². The Balaban J connectivity index is 1.89. The molecular formula is C19H16O2S. The summed E-state index contributed by atoms with van der Waals surface area (Å²) in [6.45, 7) is -0.175. The van der Waals surface area contributed by atoms with Crippen molar-refractivity contribution in [3.63, 3.8) is 0 Å². The molecule has 0 unspecified atom stereocenters. The highest BCUT2D eigenvalue weighted by molar-refractivity contribution is 7.17. The second-order valence-electron chi connectivity index (χ2n) is 5.06. The number of benzene rings is 2. The molecule has 1 aromatic heterocycles. The lowest BCUT2D eigenvalue weighted by molar-refractivity contribution is 0.0980. The molecule has 0 amide bonds. The van der Waals surface area contributed by atoms with Crippen LogP contribution in [0.4, 0.5) is 0 Å². The fourth-order valence-electron chi connectivity index (χ4n) is 2.37. The van der Waals surface area contributed by atoms with Crippen molar-refractivity contribution in [1.29, 1.82) is 0 Å². The van der Waals surface area contributed by atoms with Crippen LogP contribution in [0.5, 0.6) is 0 Å². The standard InChI is InChI=1S/C19H16O2S/c20-12-15(11-10-14-6-2-1-3-7-14)19(21)17-13-22-18-9-5-4-8-16(17)18/h1-9,13,15,19-21H,12H2/t15-,19+/m1/s1. The van der Waals surface area contributed by atoms with Crippen LogP contribution >= 0.6 is 11.3 Å². The lowest BCUT2D eigenvalue weighted by Gasteiger charge is -2.15. The Bertz CT molecular complexity index is 811. The third-order valence-corrected chi connectivity index (χ3v) is 4.56. The van der Waals surface area contributed by atoms with Gasteiger partial charge in [0.2, 0.25) is 0 Å².